The highest BCUT2D eigenvalue weighted by molar-refractivity contribution is 7.88. The SMILES string of the molecule is CC(C)[C@@H]1CCN(S(=O)(=O)c2ncccn2)C[C@H]1F. The van der Waals surface area contributed by atoms with Gasteiger partial charge in [0.25, 0.3) is 15.2 Å². The lowest BCUT2D eigenvalue weighted by Crippen LogP contribution is -2.46. The molecule has 19 heavy (non-hydrogen) atoms. The Kier molecular flexibility index (Phi) is 4.15. The first-order chi connectivity index (χ1) is 8.93. The Labute approximate surface area is 112 Å². The normalized spacial score (nSPS) is 25.7. The van der Waals surface area contributed by atoms with Crippen LogP contribution in [0.4, 0.5) is 4.39 Å². The Morgan fingerprint density at radius 2 is 2.00 bits per heavy atom. The van der Waals surface area contributed by atoms with E-state index in [0.717, 1.165) is 4.31 Å². The van der Waals surface area contributed by atoms with Gasteiger partial charge in [-0.1, -0.05) is 13.8 Å². The number of piperidine rings is 1. The van der Waals surface area contributed by atoms with Crippen LogP contribution >= 0.6 is 0 Å². The van der Waals surface area contributed by atoms with Crippen LogP contribution in [0.25, 0.3) is 0 Å². The molecule has 0 N–H and O–H groups in total. The van der Waals surface area contributed by atoms with Crippen LogP contribution in [0.1, 0.15) is 20.3 Å². The fraction of sp³-hybridized carbons (Fsp3) is 0.667. The molecule has 2 rings (SSSR count). The standard InChI is InChI=1S/C12H18FN3O2S/c1-9(2)10-4-7-16(8-11(10)13)19(17,18)12-14-5-3-6-15-12/h3,5-6,9-11H,4,7-8H2,1-2H3/t10-,11+/m0/s1. The van der Waals surface area contributed by atoms with Gasteiger partial charge in [-0.15, -0.1) is 0 Å². The van der Waals surface area contributed by atoms with Gasteiger partial charge in [-0.2, -0.15) is 4.31 Å². The Bertz CT molecular complexity index is 521. The molecule has 106 valence electrons. The van der Waals surface area contributed by atoms with Crippen molar-refractivity contribution in [3.05, 3.63) is 18.5 Å². The summed E-state index contributed by atoms with van der Waals surface area (Å²) < 4.78 is 39.7. The molecule has 0 aromatic carbocycles. The van der Waals surface area contributed by atoms with Gasteiger partial charge in [-0.25, -0.2) is 22.8 Å². The van der Waals surface area contributed by atoms with E-state index in [1.807, 2.05) is 13.8 Å². The molecule has 5 nitrogen and oxygen atoms in total. The van der Waals surface area contributed by atoms with E-state index in [9.17, 15) is 12.8 Å². The Hall–Kier alpha value is -1.08. The van der Waals surface area contributed by atoms with Gasteiger partial charge in [-0.3, -0.25) is 0 Å². The third kappa shape index (κ3) is 2.92. The lowest BCUT2D eigenvalue weighted by molar-refractivity contribution is 0.101. The van der Waals surface area contributed by atoms with Gasteiger partial charge in [-0.05, 0) is 24.3 Å². The third-order valence-corrected chi connectivity index (χ3v) is 5.21. The van der Waals surface area contributed by atoms with Gasteiger partial charge in [0.05, 0.1) is 0 Å². The largest absolute Gasteiger partial charge is 0.278 e. The van der Waals surface area contributed by atoms with Crippen LogP contribution in [-0.2, 0) is 10.0 Å². The maximum Gasteiger partial charge on any atom is 0.278 e. The molecular formula is C12H18FN3O2S. The minimum absolute atomic E-state index is 0.0804. The number of alkyl halides is 1. The summed E-state index contributed by atoms with van der Waals surface area (Å²) >= 11 is 0. The number of sulfonamides is 1. The number of rotatable bonds is 3. The number of hydrogen-bond donors (Lipinski definition) is 0. The monoisotopic (exact) mass is 287 g/mol. The summed E-state index contributed by atoms with van der Waals surface area (Å²) in [6.07, 6.45) is 2.14. The topological polar surface area (TPSA) is 63.2 Å². The Morgan fingerprint density at radius 3 is 2.53 bits per heavy atom. The Morgan fingerprint density at radius 1 is 1.37 bits per heavy atom. The number of hydrogen-bond acceptors (Lipinski definition) is 4. The van der Waals surface area contributed by atoms with Crippen molar-refractivity contribution < 1.29 is 12.8 Å². The molecule has 7 heteroatoms. The van der Waals surface area contributed by atoms with Crippen LogP contribution in [0.2, 0.25) is 0 Å². The molecule has 0 unspecified atom stereocenters. The lowest BCUT2D eigenvalue weighted by atomic mass is 9.86. The minimum atomic E-state index is -3.77. The smallest absolute Gasteiger partial charge is 0.246 e. The van der Waals surface area contributed by atoms with E-state index in [-0.39, 0.29) is 23.5 Å². The summed E-state index contributed by atoms with van der Waals surface area (Å²) in [5, 5.41) is -0.259. The first-order valence-corrected chi connectivity index (χ1v) is 7.78. The third-order valence-electron chi connectivity index (χ3n) is 3.52. The summed E-state index contributed by atoms with van der Waals surface area (Å²) in [6.45, 7) is 4.14. The van der Waals surface area contributed by atoms with Gasteiger partial charge in [0.1, 0.15) is 6.17 Å². The van der Waals surface area contributed by atoms with E-state index in [0.29, 0.717) is 13.0 Å². The molecule has 0 radical (unpaired) electrons. The van der Waals surface area contributed by atoms with Crippen molar-refractivity contribution >= 4 is 10.0 Å². The minimum Gasteiger partial charge on any atom is -0.246 e. The first-order valence-electron chi connectivity index (χ1n) is 6.34. The molecule has 0 amide bonds. The summed E-state index contributed by atoms with van der Waals surface area (Å²) in [5.41, 5.74) is 0. The van der Waals surface area contributed by atoms with Crippen molar-refractivity contribution in [2.45, 2.75) is 31.6 Å². The van der Waals surface area contributed by atoms with Crippen LogP contribution < -0.4 is 0 Å². The molecule has 1 aromatic rings. The van der Waals surface area contributed by atoms with Gasteiger partial charge in [0.2, 0.25) is 0 Å². The fourth-order valence-electron chi connectivity index (χ4n) is 2.40. The van der Waals surface area contributed by atoms with Crippen molar-refractivity contribution in [2.75, 3.05) is 13.1 Å². The lowest BCUT2D eigenvalue weighted by Gasteiger charge is -2.35. The van der Waals surface area contributed by atoms with Crippen molar-refractivity contribution in [1.82, 2.24) is 14.3 Å². The van der Waals surface area contributed by atoms with Gasteiger partial charge < -0.3 is 0 Å². The highest BCUT2D eigenvalue weighted by Crippen LogP contribution is 2.29. The van der Waals surface area contributed by atoms with Crippen molar-refractivity contribution in [1.29, 1.82) is 0 Å². The van der Waals surface area contributed by atoms with Crippen LogP contribution in [0.5, 0.6) is 0 Å². The number of halogens is 1. The first kappa shape index (κ1) is 14.3. The Balaban J connectivity index is 2.17. The summed E-state index contributed by atoms with van der Waals surface area (Å²) in [4.78, 5) is 7.48. The van der Waals surface area contributed by atoms with Gasteiger partial charge in [0, 0.05) is 25.5 Å². The van der Waals surface area contributed by atoms with Crippen LogP contribution in [0.3, 0.4) is 0 Å². The number of nitrogens with zero attached hydrogens (tertiary/aromatic N) is 3. The fourth-order valence-corrected chi connectivity index (χ4v) is 3.70. The molecule has 1 aliphatic rings. The summed E-state index contributed by atoms with van der Waals surface area (Å²) in [5.74, 6) is 0.135. The van der Waals surface area contributed by atoms with Crippen LogP contribution in [0.15, 0.2) is 23.6 Å². The second kappa shape index (κ2) is 5.50. The highest BCUT2D eigenvalue weighted by Gasteiger charge is 2.37. The molecule has 1 aliphatic heterocycles. The predicted octanol–water partition coefficient (Wildman–Crippen LogP) is 1.48. The maximum absolute atomic E-state index is 14.0. The molecule has 2 heterocycles. The van der Waals surface area contributed by atoms with E-state index in [1.165, 1.54) is 12.4 Å². The molecule has 0 spiro atoms. The van der Waals surface area contributed by atoms with Crippen LogP contribution in [-0.4, -0.2) is 42.0 Å². The zero-order chi connectivity index (χ0) is 14.0. The van der Waals surface area contributed by atoms with Crippen molar-refractivity contribution in [3.63, 3.8) is 0 Å². The maximum atomic E-state index is 14.0. The van der Waals surface area contributed by atoms with Gasteiger partial charge in [0.15, 0.2) is 0 Å². The van der Waals surface area contributed by atoms with E-state index < -0.39 is 16.2 Å². The molecular weight excluding hydrogens is 269 g/mol. The average molecular weight is 287 g/mol. The zero-order valence-electron chi connectivity index (χ0n) is 11.0. The molecule has 0 saturated carbocycles. The zero-order valence-corrected chi connectivity index (χ0v) is 11.8. The summed E-state index contributed by atoms with van der Waals surface area (Å²) in [6, 6.07) is 1.54. The summed E-state index contributed by atoms with van der Waals surface area (Å²) in [7, 11) is -3.77. The van der Waals surface area contributed by atoms with Gasteiger partial charge >= 0.3 is 0 Å². The van der Waals surface area contributed by atoms with E-state index in [2.05, 4.69) is 9.97 Å². The van der Waals surface area contributed by atoms with E-state index in [1.54, 1.807) is 6.07 Å². The highest BCUT2D eigenvalue weighted by atomic mass is 32.2. The van der Waals surface area contributed by atoms with E-state index in [4.69, 9.17) is 0 Å². The second-order valence-electron chi connectivity index (χ2n) is 5.11. The number of aromatic nitrogens is 2. The second-order valence-corrected chi connectivity index (χ2v) is 6.94. The molecule has 2 atom stereocenters. The van der Waals surface area contributed by atoms with Crippen molar-refractivity contribution in [2.24, 2.45) is 11.8 Å². The van der Waals surface area contributed by atoms with Crippen LogP contribution in [0, 0.1) is 11.8 Å². The quantitative estimate of drug-likeness (QED) is 0.790. The molecule has 1 aromatic heterocycles. The molecule has 1 fully saturated rings. The molecule has 0 bridgehead atoms. The average Bonchev–Trinajstić information content (AvgIpc) is 2.39. The predicted molar refractivity (Wildman–Crippen MR) is 68.6 cm³/mol. The van der Waals surface area contributed by atoms with Crippen molar-refractivity contribution in [3.8, 4) is 0 Å². The molecule has 0 aliphatic carbocycles. The van der Waals surface area contributed by atoms with E-state index >= 15 is 0 Å². The molecule has 1 saturated heterocycles.